The van der Waals surface area contributed by atoms with E-state index in [0.717, 1.165) is 10.9 Å². The second-order valence-corrected chi connectivity index (χ2v) is 7.29. The van der Waals surface area contributed by atoms with Crippen molar-refractivity contribution in [2.24, 2.45) is 16.5 Å². The van der Waals surface area contributed by atoms with Crippen LogP contribution in [-0.2, 0) is 4.79 Å². The number of hydrogen-bond donors (Lipinski definition) is 4. The Morgan fingerprint density at radius 1 is 1.09 bits per heavy atom. The van der Waals surface area contributed by atoms with Crippen LogP contribution >= 0.6 is 0 Å². The second kappa shape index (κ2) is 10.3. The summed E-state index contributed by atoms with van der Waals surface area (Å²) >= 11 is 0. The van der Waals surface area contributed by atoms with Gasteiger partial charge in [-0.1, -0.05) is 18.2 Å². The van der Waals surface area contributed by atoms with Crippen LogP contribution in [0.1, 0.15) is 28.8 Å². The van der Waals surface area contributed by atoms with Crippen LogP contribution < -0.4 is 27.7 Å². The zero-order chi connectivity index (χ0) is 23.1. The highest BCUT2D eigenvalue weighted by molar-refractivity contribution is 6.01. The number of amides is 2. The van der Waals surface area contributed by atoms with E-state index < -0.39 is 17.6 Å². The summed E-state index contributed by atoms with van der Waals surface area (Å²) in [7, 11) is 0. The number of rotatable bonds is 8. The Morgan fingerprint density at radius 3 is 2.56 bits per heavy atom. The molecule has 0 bridgehead atoms. The predicted molar refractivity (Wildman–Crippen MR) is 123 cm³/mol. The maximum atomic E-state index is 13.0. The van der Waals surface area contributed by atoms with Gasteiger partial charge in [0.1, 0.15) is 11.6 Å². The monoisotopic (exact) mass is 435 g/mol. The molecule has 0 fully saturated rings. The topological polar surface area (TPSA) is 153 Å². The number of nitrogens with zero attached hydrogens (tertiary/aromatic N) is 1. The van der Waals surface area contributed by atoms with Crippen molar-refractivity contribution in [3.63, 3.8) is 0 Å². The highest BCUT2D eigenvalue weighted by Crippen LogP contribution is 2.21. The average Bonchev–Trinajstić information content (AvgIpc) is 2.75. The highest BCUT2D eigenvalue weighted by Gasteiger charge is 2.21. The van der Waals surface area contributed by atoms with E-state index in [1.807, 2.05) is 6.92 Å². The third kappa shape index (κ3) is 5.94. The summed E-state index contributed by atoms with van der Waals surface area (Å²) in [4.78, 5) is 41.1. The average molecular weight is 435 g/mol. The molecule has 0 radical (unpaired) electrons. The lowest BCUT2D eigenvalue weighted by Gasteiger charge is -2.18. The molecule has 1 atom stereocenters. The first-order valence-electron chi connectivity index (χ1n) is 10.1. The van der Waals surface area contributed by atoms with Gasteiger partial charge in [-0.3, -0.25) is 14.6 Å². The van der Waals surface area contributed by atoms with Crippen molar-refractivity contribution in [1.82, 2.24) is 5.32 Å². The van der Waals surface area contributed by atoms with Gasteiger partial charge in [0.25, 0.3) is 5.91 Å². The molecular weight excluding hydrogens is 410 g/mol. The third-order valence-electron chi connectivity index (χ3n) is 4.82. The lowest BCUT2D eigenvalue weighted by atomic mass is 10.1. The van der Waals surface area contributed by atoms with E-state index in [2.05, 4.69) is 15.6 Å². The third-order valence-corrected chi connectivity index (χ3v) is 4.82. The van der Waals surface area contributed by atoms with E-state index in [0.29, 0.717) is 36.2 Å². The number of carbonyl (C=O) groups is 2. The molecule has 9 nitrogen and oxygen atoms in total. The zero-order valence-corrected chi connectivity index (χ0v) is 17.6. The van der Waals surface area contributed by atoms with Gasteiger partial charge in [0.05, 0.1) is 0 Å². The highest BCUT2D eigenvalue weighted by atomic mass is 16.4. The fourth-order valence-corrected chi connectivity index (χ4v) is 3.24. The van der Waals surface area contributed by atoms with Crippen molar-refractivity contribution in [2.75, 3.05) is 11.9 Å². The first-order valence-corrected chi connectivity index (χ1v) is 10.1. The molecule has 1 unspecified atom stereocenters. The van der Waals surface area contributed by atoms with E-state index >= 15 is 0 Å². The van der Waals surface area contributed by atoms with Crippen molar-refractivity contribution < 1.29 is 14.0 Å². The lowest BCUT2D eigenvalue weighted by Crippen LogP contribution is -2.44. The Bertz CT molecular complexity index is 1200. The lowest BCUT2D eigenvalue weighted by molar-refractivity contribution is -0.118. The molecule has 0 saturated heterocycles. The summed E-state index contributed by atoms with van der Waals surface area (Å²) in [6.45, 7) is 2.14. The second-order valence-electron chi connectivity index (χ2n) is 7.29. The maximum Gasteiger partial charge on any atom is 0.336 e. The van der Waals surface area contributed by atoms with Crippen LogP contribution in [0.5, 0.6) is 0 Å². The number of aryl methyl sites for hydroxylation is 1. The molecule has 1 heterocycles. The molecule has 1 aromatic heterocycles. The van der Waals surface area contributed by atoms with Gasteiger partial charge < -0.3 is 26.5 Å². The first kappa shape index (κ1) is 22.5. The van der Waals surface area contributed by atoms with E-state index in [-0.39, 0.29) is 11.9 Å². The number of benzene rings is 2. The fraction of sp³-hybridized carbons (Fsp3) is 0.217. The molecule has 0 aliphatic rings. The first-order chi connectivity index (χ1) is 15.3. The molecule has 32 heavy (non-hydrogen) atoms. The van der Waals surface area contributed by atoms with E-state index in [9.17, 15) is 14.4 Å². The van der Waals surface area contributed by atoms with Gasteiger partial charge in [0.15, 0.2) is 5.96 Å². The number of aliphatic imine (C=N–C) groups is 1. The van der Waals surface area contributed by atoms with Crippen LogP contribution in [0.3, 0.4) is 0 Å². The largest absolute Gasteiger partial charge is 0.423 e. The predicted octanol–water partition coefficient (Wildman–Crippen LogP) is 1.89. The summed E-state index contributed by atoms with van der Waals surface area (Å²) in [5.41, 5.74) is 12.2. The molecule has 0 spiro atoms. The molecule has 2 aromatic carbocycles. The van der Waals surface area contributed by atoms with Gasteiger partial charge in [-0.05, 0) is 49.6 Å². The van der Waals surface area contributed by atoms with Crippen molar-refractivity contribution in [3.8, 4) is 0 Å². The maximum absolute atomic E-state index is 13.0. The Hall–Kier alpha value is -4.14. The van der Waals surface area contributed by atoms with Crippen LogP contribution in [0.4, 0.5) is 5.69 Å². The number of hydrogen-bond acceptors (Lipinski definition) is 5. The summed E-state index contributed by atoms with van der Waals surface area (Å²) in [5, 5.41) is 6.31. The standard InChI is InChI=1S/C23H25N5O4/c1-14-12-20(29)32-19-13-16(9-10-17(14)19)27-22(31)18(8-5-11-26-23(24)25)28-21(30)15-6-3-2-4-7-15/h2-4,6-7,9-10,12-13,18H,5,8,11H2,1H3,(H,27,31)(H,28,30)(H4,24,25,26). The number of nitrogens with one attached hydrogen (secondary N) is 2. The SMILES string of the molecule is Cc1cc(=O)oc2cc(NC(=O)C(CCCN=C(N)N)NC(=O)c3ccccc3)ccc12. The molecule has 9 heteroatoms. The molecule has 2 amide bonds. The van der Waals surface area contributed by atoms with Crippen LogP contribution in [-0.4, -0.2) is 30.4 Å². The normalized spacial score (nSPS) is 11.5. The summed E-state index contributed by atoms with van der Waals surface area (Å²) in [6, 6.07) is 14.3. The minimum absolute atomic E-state index is 0.0349. The van der Waals surface area contributed by atoms with E-state index in [1.165, 1.54) is 6.07 Å². The molecule has 0 saturated carbocycles. The number of carbonyl (C=O) groups excluding carboxylic acids is 2. The van der Waals surface area contributed by atoms with Gasteiger partial charge >= 0.3 is 5.63 Å². The van der Waals surface area contributed by atoms with E-state index in [4.69, 9.17) is 15.9 Å². The zero-order valence-electron chi connectivity index (χ0n) is 17.6. The van der Waals surface area contributed by atoms with Gasteiger partial charge in [-0.2, -0.15) is 0 Å². The Kier molecular flexibility index (Phi) is 7.22. The minimum atomic E-state index is -0.822. The number of anilines is 1. The molecule has 166 valence electrons. The molecular formula is C23H25N5O4. The molecule has 3 rings (SSSR count). The quantitative estimate of drug-likeness (QED) is 0.183. The summed E-state index contributed by atoms with van der Waals surface area (Å²) in [5.74, 6) is -0.812. The Morgan fingerprint density at radius 2 is 1.84 bits per heavy atom. The Labute approximate surface area is 184 Å². The molecule has 3 aromatic rings. The smallest absolute Gasteiger partial charge is 0.336 e. The van der Waals surface area contributed by atoms with Crippen LogP contribution in [0.15, 0.2) is 68.8 Å². The van der Waals surface area contributed by atoms with Gasteiger partial charge in [0, 0.05) is 35.3 Å². The molecule has 0 aliphatic carbocycles. The summed E-state index contributed by atoms with van der Waals surface area (Å²) < 4.78 is 5.23. The fourth-order valence-electron chi connectivity index (χ4n) is 3.24. The van der Waals surface area contributed by atoms with Crippen molar-refractivity contribution in [2.45, 2.75) is 25.8 Å². The van der Waals surface area contributed by atoms with Gasteiger partial charge in [-0.15, -0.1) is 0 Å². The summed E-state index contributed by atoms with van der Waals surface area (Å²) in [6.07, 6.45) is 0.805. The van der Waals surface area contributed by atoms with Crippen molar-refractivity contribution in [3.05, 3.63) is 76.1 Å². The van der Waals surface area contributed by atoms with Crippen molar-refractivity contribution in [1.29, 1.82) is 0 Å². The number of nitrogens with two attached hydrogens (primary N) is 2. The van der Waals surface area contributed by atoms with Crippen LogP contribution in [0.2, 0.25) is 0 Å². The molecule has 0 aliphatic heterocycles. The van der Waals surface area contributed by atoms with Crippen LogP contribution in [0, 0.1) is 6.92 Å². The van der Waals surface area contributed by atoms with Crippen molar-refractivity contribution >= 4 is 34.4 Å². The minimum Gasteiger partial charge on any atom is -0.423 e. The number of fused-ring (bicyclic) bond motifs is 1. The van der Waals surface area contributed by atoms with E-state index in [1.54, 1.807) is 48.5 Å². The van der Waals surface area contributed by atoms with Crippen LogP contribution in [0.25, 0.3) is 11.0 Å². The van der Waals surface area contributed by atoms with Gasteiger partial charge in [0.2, 0.25) is 5.91 Å². The Balaban J connectivity index is 1.77. The van der Waals surface area contributed by atoms with Gasteiger partial charge in [-0.25, -0.2) is 4.79 Å². The number of guanidine groups is 1. The molecule has 6 N–H and O–H groups in total.